The molecule has 0 aromatic carbocycles. The lowest BCUT2D eigenvalue weighted by Crippen LogP contribution is -2.46. The molecule has 0 aromatic heterocycles. The van der Waals surface area contributed by atoms with Crippen LogP contribution in [-0.2, 0) is 0 Å². The molecule has 0 bridgehead atoms. The van der Waals surface area contributed by atoms with Crippen molar-refractivity contribution in [3.05, 3.63) is 0 Å². The molecule has 0 atom stereocenters. The maximum atomic E-state index is 10.3. The predicted octanol–water partition coefficient (Wildman–Crippen LogP) is 1.99. The highest BCUT2D eigenvalue weighted by Crippen LogP contribution is 2.28. The van der Waals surface area contributed by atoms with Gasteiger partial charge in [0.15, 0.2) is 5.96 Å². The van der Waals surface area contributed by atoms with Crippen molar-refractivity contribution in [2.45, 2.75) is 56.8 Å². The molecule has 1 rings (SSSR count). The molecule has 0 aliphatic heterocycles. The summed E-state index contributed by atoms with van der Waals surface area (Å²) in [6.45, 7) is 8.64. The van der Waals surface area contributed by atoms with Crippen LogP contribution >= 0.6 is 11.8 Å². The Morgan fingerprint density at radius 1 is 1.32 bits per heavy atom. The molecule has 4 nitrogen and oxygen atoms in total. The molecule has 1 aliphatic carbocycles. The topological polar surface area (TPSA) is 56.7 Å². The van der Waals surface area contributed by atoms with E-state index in [2.05, 4.69) is 42.7 Å². The molecular weight excluding hydrogens is 258 g/mol. The van der Waals surface area contributed by atoms with Gasteiger partial charge in [-0.15, -0.1) is 0 Å². The van der Waals surface area contributed by atoms with Crippen molar-refractivity contribution in [1.82, 2.24) is 10.6 Å². The van der Waals surface area contributed by atoms with Gasteiger partial charge in [0.05, 0.1) is 12.1 Å². The fourth-order valence-electron chi connectivity index (χ4n) is 2.13. The van der Waals surface area contributed by atoms with Gasteiger partial charge in [0.1, 0.15) is 0 Å². The van der Waals surface area contributed by atoms with Crippen LogP contribution in [0.25, 0.3) is 0 Å². The number of aliphatic hydroxyl groups is 1. The number of nitrogens with zero attached hydrogens (tertiary/aromatic N) is 1. The van der Waals surface area contributed by atoms with Gasteiger partial charge in [-0.2, -0.15) is 11.8 Å². The standard InChI is InChI=1S/C14H29N3OS/c1-5-15-12(16-10-13(2,3)19-4)17-11-14(18)8-6-7-9-14/h18H,5-11H2,1-4H3,(H2,15,16,17). The second-order valence-electron chi connectivity index (χ2n) is 5.94. The third-order valence-electron chi connectivity index (χ3n) is 3.63. The van der Waals surface area contributed by atoms with Crippen molar-refractivity contribution in [3.63, 3.8) is 0 Å². The third kappa shape index (κ3) is 6.04. The highest BCUT2D eigenvalue weighted by molar-refractivity contribution is 7.99. The van der Waals surface area contributed by atoms with Crippen LogP contribution in [0.15, 0.2) is 4.99 Å². The molecule has 3 N–H and O–H groups in total. The Morgan fingerprint density at radius 3 is 2.47 bits per heavy atom. The predicted molar refractivity (Wildman–Crippen MR) is 85.0 cm³/mol. The Labute approximate surface area is 121 Å². The molecule has 0 heterocycles. The van der Waals surface area contributed by atoms with Crippen molar-refractivity contribution in [2.75, 3.05) is 25.9 Å². The first kappa shape index (κ1) is 16.6. The number of hydrogen-bond acceptors (Lipinski definition) is 3. The zero-order valence-electron chi connectivity index (χ0n) is 12.8. The van der Waals surface area contributed by atoms with Crippen LogP contribution in [-0.4, -0.2) is 47.3 Å². The van der Waals surface area contributed by atoms with Gasteiger partial charge in [-0.05, 0) is 39.9 Å². The first-order valence-corrected chi connectivity index (χ1v) is 8.43. The van der Waals surface area contributed by atoms with Crippen LogP contribution in [0.4, 0.5) is 0 Å². The second-order valence-corrected chi connectivity index (χ2v) is 7.46. The molecule has 0 amide bonds. The quantitative estimate of drug-likeness (QED) is 0.516. The summed E-state index contributed by atoms with van der Waals surface area (Å²) in [6, 6.07) is 0. The zero-order chi connectivity index (χ0) is 14.4. The van der Waals surface area contributed by atoms with Crippen molar-refractivity contribution < 1.29 is 5.11 Å². The van der Waals surface area contributed by atoms with Crippen LogP contribution in [0.3, 0.4) is 0 Å². The van der Waals surface area contributed by atoms with Crippen LogP contribution in [0, 0.1) is 0 Å². The minimum atomic E-state index is -0.536. The number of thioether (sulfide) groups is 1. The Bertz CT molecular complexity index is 299. The van der Waals surface area contributed by atoms with Crippen molar-refractivity contribution >= 4 is 17.7 Å². The molecule has 1 saturated carbocycles. The average molecular weight is 287 g/mol. The molecule has 1 aliphatic rings. The Balaban J connectivity index is 2.49. The van der Waals surface area contributed by atoms with Gasteiger partial charge in [0.2, 0.25) is 0 Å². The maximum absolute atomic E-state index is 10.3. The Hall–Kier alpha value is -0.420. The van der Waals surface area contributed by atoms with Crippen LogP contribution in [0.2, 0.25) is 0 Å². The highest BCUT2D eigenvalue weighted by Gasteiger charge is 2.31. The number of hydrogen-bond donors (Lipinski definition) is 3. The molecule has 0 unspecified atom stereocenters. The van der Waals surface area contributed by atoms with E-state index in [0.717, 1.165) is 44.7 Å². The number of aliphatic imine (C=N–C) groups is 1. The van der Waals surface area contributed by atoms with Crippen molar-refractivity contribution in [2.24, 2.45) is 4.99 Å². The van der Waals surface area contributed by atoms with Gasteiger partial charge in [0, 0.05) is 17.8 Å². The summed E-state index contributed by atoms with van der Waals surface area (Å²) in [4.78, 5) is 4.61. The maximum Gasteiger partial charge on any atom is 0.191 e. The lowest BCUT2D eigenvalue weighted by Gasteiger charge is -2.25. The Morgan fingerprint density at radius 2 is 1.95 bits per heavy atom. The van der Waals surface area contributed by atoms with Gasteiger partial charge in [-0.3, -0.25) is 4.99 Å². The number of nitrogens with one attached hydrogen (secondary N) is 2. The summed E-state index contributed by atoms with van der Waals surface area (Å²) in [5.41, 5.74) is -0.536. The van der Waals surface area contributed by atoms with Gasteiger partial charge in [-0.1, -0.05) is 12.8 Å². The lowest BCUT2D eigenvalue weighted by atomic mass is 10.0. The van der Waals surface area contributed by atoms with Crippen LogP contribution in [0.1, 0.15) is 46.5 Å². The van der Waals surface area contributed by atoms with E-state index in [0.29, 0.717) is 6.54 Å². The van der Waals surface area contributed by atoms with E-state index in [4.69, 9.17) is 0 Å². The molecule has 0 spiro atoms. The van der Waals surface area contributed by atoms with Gasteiger partial charge >= 0.3 is 0 Å². The molecule has 19 heavy (non-hydrogen) atoms. The van der Waals surface area contributed by atoms with E-state index in [1.165, 1.54) is 0 Å². The minimum Gasteiger partial charge on any atom is -0.388 e. The molecule has 0 aromatic rings. The summed E-state index contributed by atoms with van der Waals surface area (Å²) >= 11 is 1.82. The fraction of sp³-hybridized carbons (Fsp3) is 0.929. The molecule has 5 heteroatoms. The molecule has 0 saturated heterocycles. The Kier molecular flexibility index (Phi) is 6.47. The summed E-state index contributed by atoms with van der Waals surface area (Å²) in [5, 5.41) is 16.9. The smallest absolute Gasteiger partial charge is 0.191 e. The van der Waals surface area contributed by atoms with Gasteiger partial charge in [0.25, 0.3) is 0 Å². The van der Waals surface area contributed by atoms with Crippen LogP contribution < -0.4 is 10.6 Å². The largest absolute Gasteiger partial charge is 0.388 e. The van der Waals surface area contributed by atoms with E-state index < -0.39 is 5.60 Å². The summed E-state index contributed by atoms with van der Waals surface area (Å²) in [6.07, 6.45) is 6.17. The number of guanidine groups is 1. The lowest BCUT2D eigenvalue weighted by molar-refractivity contribution is 0.0522. The summed E-state index contributed by atoms with van der Waals surface area (Å²) in [7, 11) is 0. The second kappa shape index (κ2) is 7.39. The van der Waals surface area contributed by atoms with E-state index in [9.17, 15) is 5.11 Å². The average Bonchev–Trinajstić information content (AvgIpc) is 2.80. The first-order chi connectivity index (χ1) is 8.91. The first-order valence-electron chi connectivity index (χ1n) is 7.20. The SMILES string of the molecule is CCNC(=NCC(C)(C)SC)NCC1(O)CCCC1. The van der Waals surface area contributed by atoms with Crippen molar-refractivity contribution in [1.29, 1.82) is 0 Å². The molecule has 1 fully saturated rings. The third-order valence-corrected chi connectivity index (χ3v) is 4.87. The summed E-state index contributed by atoms with van der Waals surface area (Å²) < 4.78 is 0.145. The minimum absolute atomic E-state index is 0.145. The van der Waals surface area contributed by atoms with E-state index >= 15 is 0 Å². The van der Waals surface area contributed by atoms with E-state index in [1.807, 2.05) is 11.8 Å². The number of rotatable bonds is 6. The highest BCUT2D eigenvalue weighted by atomic mass is 32.2. The normalized spacial score (nSPS) is 19.5. The molecule has 0 radical (unpaired) electrons. The van der Waals surface area contributed by atoms with Crippen LogP contribution in [0.5, 0.6) is 0 Å². The molecule has 112 valence electrons. The van der Waals surface area contributed by atoms with Gasteiger partial charge < -0.3 is 15.7 Å². The fourth-order valence-corrected chi connectivity index (χ4v) is 2.33. The zero-order valence-corrected chi connectivity index (χ0v) is 13.6. The summed E-state index contributed by atoms with van der Waals surface area (Å²) in [5.74, 6) is 0.810. The monoisotopic (exact) mass is 287 g/mol. The van der Waals surface area contributed by atoms with E-state index in [-0.39, 0.29) is 4.75 Å². The van der Waals surface area contributed by atoms with Gasteiger partial charge in [-0.25, -0.2) is 0 Å². The van der Waals surface area contributed by atoms with Crippen molar-refractivity contribution in [3.8, 4) is 0 Å². The molecular formula is C14H29N3OS. The van der Waals surface area contributed by atoms with E-state index in [1.54, 1.807) is 0 Å².